The number of nitro benzene ring substituents is 2. The Hall–Kier alpha value is -4.45. The Labute approximate surface area is 223 Å². The van der Waals surface area contributed by atoms with Gasteiger partial charge in [-0.1, -0.05) is 33.5 Å². The molecule has 0 aromatic heterocycles. The van der Waals surface area contributed by atoms with Gasteiger partial charge in [0.15, 0.2) is 4.90 Å². The molecule has 0 atom stereocenters. The monoisotopic (exact) mass is 599 g/mol. The van der Waals surface area contributed by atoms with Gasteiger partial charge in [-0.05, 0) is 35.9 Å². The van der Waals surface area contributed by atoms with Crippen LogP contribution < -0.4 is 0 Å². The van der Waals surface area contributed by atoms with Gasteiger partial charge in [0.05, 0.1) is 26.9 Å². The first-order valence-corrected chi connectivity index (χ1v) is 13.4. The number of rotatable bonds is 10. The van der Waals surface area contributed by atoms with Crippen LogP contribution in [0.15, 0.2) is 70.5 Å². The minimum atomic E-state index is -5.43. The molecule has 0 bridgehead atoms. The number of nitro groups is 2. The largest absolute Gasteiger partial charge is 0.478 e. The number of halogens is 1. The summed E-state index contributed by atoms with van der Waals surface area (Å²) in [5.41, 5.74) is -4.08. The first-order chi connectivity index (χ1) is 18.1. The number of carbonyl (C=O) groups is 2. The second-order valence-electron chi connectivity index (χ2n) is 7.52. The molecule has 0 aliphatic carbocycles. The predicted molar refractivity (Wildman–Crippen MR) is 131 cm³/mol. The standard InChI is InChI=1S/C21H14ClN3O12S2/c22-16-4-2-1-3-13(16)11-23(38(34,35)14-6-7-15(21(28)29)17(10-14)24(30)31)39(36,37)19-8-5-12(20(26)27)9-18(19)25(32)33/h1-10H,11H2,(H,26,27)(H,28,29). The van der Waals surface area contributed by atoms with Crippen LogP contribution in [-0.2, 0) is 26.6 Å². The quantitative estimate of drug-likeness (QED) is 0.252. The van der Waals surface area contributed by atoms with E-state index in [9.17, 15) is 51.8 Å². The van der Waals surface area contributed by atoms with E-state index in [1.807, 2.05) is 0 Å². The summed E-state index contributed by atoms with van der Waals surface area (Å²) in [6.45, 7) is -1.04. The highest BCUT2D eigenvalue weighted by Gasteiger charge is 2.42. The van der Waals surface area contributed by atoms with Crippen LogP contribution in [0.25, 0.3) is 0 Å². The summed E-state index contributed by atoms with van der Waals surface area (Å²) in [6, 6.07) is 8.55. The predicted octanol–water partition coefficient (Wildman–Crippen LogP) is 3.13. The zero-order valence-corrected chi connectivity index (χ0v) is 21.4. The number of carboxylic acid groups (broad SMARTS) is 2. The molecule has 0 spiro atoms. The van der Waals surface area contributed by atoms with Crippen molar-refractivity contribution in [3.63, 3.8) is 0 Å². The van der Waals surface area contributed by atoms with E-state index in [1.165, 1.54) is 24.3 Å². The second kappa shape index (κ2) is 10.7. The molecular formula is C21H14ClN3O12S2. The van der Waals surface area contributed by atoms with Crippen molar-refractivity contribution in [2.75, 3.05) is 0 Å². The number of benzene rings is 3. The summed E-state index contributed by atoms with van der Waals surface area (Å²) in [4.78, 5) is 41.0. The maximum absolute atomic E-state index is 13.7. The van der Waals surface area contributed by atoms with Crippen molar-refractivity contribution in [3.8, 4) is 0 Å². The van der Waals surface area contributed by atoms with E-state index < -0.39 is 80.7 Å². The molecule has 0 aliphatic heterocycles. The van der Waals surface area contributed by atoms with Gasteiger partial charge in [-0.3, -0.25) is 20.2 Å². The van der Waals surface area contributed by atoms with Crippen LogP contribution in [0.4, 0.5) is 11.4 Å². The van der Waals surface area contributed by atoms with Gasteiger partial charge in [-0.25, -0.2) is 26.4 Å². The van der Waals surface area contributed by atoms with Gasteiger partial charge in [-0.2, -0.15) is 0 Å². The van der Waals surface area contributed by atoms with E-state index in [-0.39, 0.29) is 14.3 Å². The lowest BCUT2D eigenvalue weighted by Crippen LogP contribution is -2.37. The molecule has 0 amide bonds. The number of sulfonamides is 2. The SMILES string of the molecule is O=C(O)c1ccc(S(=O)(=O)N(Cc2ccccc2Cl)S(=O)(=O)c2ccc(C(=O)O)c([N+](=O)[O-])c2)c([N+](=O)[O-])c1. The fourth-order valence-electron chi connectivity index (χ4n) is 3.31. The van der Waals surface area contributed by atoms with E-state index in [4.69, 9.17) is 16.7 Å². The van der Waals surface area contributed by atoms with Crippen molar-refractivity contribution < 1.29 is 46.5 Å². The van der Waals surface area contributed by atoms with E-state index in [0.29, 0.717) is 36.4 Å². The van der Waals surface area contributed by atoms with Crippen molar-refractivity contribution in [1.82, 2.24) is 3.71 Å². The molecule has 15 nitrogen and oxygen atoms in total. The minimum Gasteiger partial charge on any atom is -0.478 e. The Morgan fingerprint density at radius 1 is 0.821 bits per heavy atom. The topological polar surface area (TPSA) is 232 Å². The molecule has 39 heavy (non-hydrogen) atoms. The number of carboxylic acids is 2. The average Bonchev–Trinajstić information content (AvgIpc) is 2.86. The van der Waals surface area contributed by atoms with Gasteiger partial charge in [-0.15, -0.1) is 0 Å². The van der Waals surface area contributed by atoms with Crippen molar-refractivity contribution in [2.45, 2.75) is 16.3 Å². The first kappa shape index (κ1) is 29.1. The van der Waals surface area contributed by atoms with Crippen molar-refractivity contribution in [1.29, 1.82) is 0 Å². The molecule has 3 aromatic carbocycles. The summed E-state index contributed by atoms with van der Waals surface area (Å²) in [6.07, 6.45) is 0. The number of aromatic carboxylic acids is 2. The van der Waals surface area contributed by atoms with E-state index in [0.717, 1.165) is 0 Å². The average molecular weight is 600 g/mol. The lowest BCUT2D eigenvalue weighted by atomic mass is 10.2. The van der Waals surface area contributed by atoms with Gasteiger partial charge in [0, 0.05) is 17.2 Å². The van der Waals surface area contributed by atoms with Crippen LogP contribution in [0.2, 0.25) is 5.02 Å². The Morgan fingerprint density at radius 3 is 1.97 bits per heavy atom. The summed E-state index contributed by atoms with van der Waals surface area (Å²) in [7, 11) is -10.8. The fraction of sp³-hybridized carbons (Fsp3) is 0.0476. The van der Waals surface area contributed by atoms with Crippen LogP contribution in [-0.4, -0.2) is 52.5 Å². The van der Waals surface area contributed by atoms with Gasteiger partial charge in [0.2, 0.25) is 0 Å². The molecular weight excluding hydrogens is 586 g/mol. The summed E-state index contributed by atoms with van der Waals surface area (Å²) >= 11 is 6.08. The Kier molecular flexibility index (Phi) is 8.01. The molecule has 0 aliphatic rings. The molecule has 3 aromatic rings. The molecule has 0 radical (unpaired) electrons. The molecule has 0 fully saturated rings. The van der Waals surface area contributed by atoms with E-state index >= 15 is 0 Å². The third kappa shape index (κ3) is 5.70. The van der Waals surface area contributed by atoms with E-state index in [2.05, 4.69) is 0 Å². The summed E-state index contributed by atoms with van der Waals surface area (Å²) < 4.78 is 54.5. The maximum atomic E-state index is 13.7. The van der Waals surface area contributed by atoms with Crippen LogP contribution in [0.5, 0.6) is 0 Å². The zero-order chi connectivity index (χ0) is 29.3. The summed E-state index contributed by atoms with van der Waals surface area (Å²) in [5, 5.41) is 41.3. The smallest absolute Gasteiger partial charge is 0.342 e. The van der Waals surface area contributed by atoms with Crippen molar-refractivity contribution >= 4 is 55.0 Å². The third-order valence-electron chi connectivity index (χ3n) is 5.17. The zero-order valence-electron chi connectivity index (χ0n) is 19.0. The molecule has 0 saturated carbocycles. The normalized spacial score (nSPS) is 11.7. The Balaban J connectivity index is 2.34. The highest BCUT2D eigenvalue weighted by molar-refractivity contribution is 8.04. The Bertz CT molecular complexity index is 1760. The van der Waals surface area contributed by atoms with Crippen molar-refractivity contribution in [2.24, 2.45) is 0 Å². The van der Waals surface area contributed by atoms with Crippen molar-refractivity contribution in [3.05, 3.63) is 103 Å². The van der Waals surface area contributed by atoms with Gasteiger partial charge < -0.3 is 10.2 Å². The number of hydrogen-bond donors (Lipinski definition) is 2. The molecule has 18 heteroatoms. The molecule has 3 rings (SSSR count). The van der Waals surface area contributed by atoms with Gasteiger partial charge in [0.1, 0.15) is 5.56 Å². The van der Waals surface area contributed by atoms with Crippen LogP contribution in [0.3, 0.4) is 0 Å². The van der Waals surface area contributed by atoms with Gasteiger partial charge >= 0.3 is 11.9 Å². The second-order valence-corrected chi connectivity index (χ2v) is 11.8. The molecule has 0 saturated heterocycles. The molecule has 2 N–H and O–H groups in total. The first-order valence-electron chi connectivity index (χ1n) is 10.1. The lowest BCUT2D eigenvalue weighted by Gasteiger charge is -2.23. The Morgan fingerprint density at radius 2 is 1.44 bits per heavy atom. The van der Waals surface area contributed by atoms with Crippen LogP contribution >= 0.6 is 11.6 Å². The minimum absolute atomic E-state index is 0.0900. The number of hydrogen-bond acceptors (Lipinski definition) is 10. The molecule has 0 unspecified atom stereocenters. The fourth-order valence-corrected chi connectivity index (χ4v) is 7.25. The van der Waals surface area contributed by atoms with E-state index in [1.54, 1.807) is 0 Å². The highest BCUT2D eigenvalue weighted by Crippen LogP contribution is 2.34. The van der Waals surface area contributed by atoms with Crippen LogP contribution in [0, 0.1) is 20.2 Å². The third-order valence-corrected chi connectivity index (χ3v) is 9.80. The highest BCUT2D eigenvalue weighted by atomic mass is 35.5. The number of nitrogens with zero attached hydrogens (tertiary/aromatic N) is 3. The lowest BCUT2D eigenvalue weighted by molar-refractivity contribution is -0.387. The van der Waals surface area contributed by atoms with Gasteiger partial charge in [0.25, 0.3) is 31.4 Å². The summed E-state index contributed by atoms with van der Waals surface area (Å²) in [5.74, 6) is -3.39. The van der Waals surface area contributed by atoms with Crippen LogP contribution in [0.1, 0.15) is 26.3 Å². The molecule has 204 valence electrons. The maximum Gasteiger partial charge on any atom is 0.342 e. The molecule has 0 heterocycles.